The van der Waals surface area contributed by atoms with Gasteiger partial charge in [-0.15, -0.1) is 0 Å². The molecule has 1 N–H and O–H groups in total. The number of ketones is 2. The molecule has 5 heteroatoms. The lowest BCUT2D eigenvalue weighted by molar-refractivity contribution is -0.121. The lowest BCUT2D eigenvalue weighted by atomic mass is 10.0. The molecule has 0 saturated carbocycles. The Labute approximate surface area is 122 Å². The van der Waals surface area contributed by atoms with Crippen LogP contribution in [0.1, 0.15) is 35.8 Å². The molecule has 2 aromatic rings. The first-order chi connectivity index (χ1) is 10.1. The lowest BCUT2D eigenvalue weighted by Crippen LogP contribution is -2.28. The Morgan fingerprint density at radius 3 is 2.95 bits per heavy atom. The molecule has 0 spiro atoms. The van der Waals surface area contributed by atoms with Crippen molar-refractivity contribution in [2.45, 2.75) is 38.3 Å². The number of Topliss-reactive ketones (excluding diaryl/α,β-unsaturated/α-hetero) is 2. The van der Waals surface area contributed by atoms with Gasteiger partial charge in [-0.3, -0.25) is 19.5 Å². The second-order valence-electron chi connectivity index (χ2n) is 6.04. The van der Waals surface area contributed by atoms with Gasteiger partial charge in [0.05, 0.1) is 17.8 Å². The number of fused-ring (bicyclic) bond motifs is 2. The Bertz CT molecular complexity index is 749. The van der Waals surface area contributed by atoms with E-state index in [4.69, 9.17) is 0 Å². The minimum absolute atomic E-state index is 0.00808. The largest absolute Gasteiger partial charge is 0.356 e. The molecule has 2 fully saturated rings. The summed E-state index contributed by atoms with van der Waals surface area (Å²) in [4.78, 5) is 34.0. The molecule has 2 aliphatic rings. The molecule has 4 rings (SSSR count). The molecular formula is C16H17N3O2. The van der Waals surface area contributed by atoms with Crippen molar-refractivity contribution in [3.8, 4) is 0 Å². The minimum atomic E-state index is -0.00808. The van der Waals surface area contributed by atoms with Crippen molar-refractivity contribution >= 4 is 22.5 Å². The van der Waals surface area contributed by atoms with Crippen LogP contribution in [0.4, 0.5) is 0 Å². The SMILES string of the molecule is CC(=O)c1c(CC(=O)[C@@H]2CC[C@@H]3CN32)[nH]c2cnccc12. The minimum Gasteiger partial charge on any atom is -0.356 e. The van der Waals surface area contributed by atoms with Gasteiger partial charge in [-0.2, -0.15) is 0 Å². The van der Waals surface area contributed by atoms with Crippen LogP contribution in [0.2, 0.25) is 0 Å². The number of hydrogen-bond donors (Lipinski definition) is 1. The summed E-state index contributed by atoms with van der Waals surface area (Å²) >= 11 is 0. The smallest absolute Gasteiger partial charge is 0.162 e. The van der Waals surface area contributed by atoms with E-state index in [0.717, 1.165) is 36.0 Å². The molecule has 0 amide bonds. The molecule has 108 valence electrons. The van der Waals surface area contributed by atoms with Crippen LogP contribution in [0.25, 0.3) is 10.9 Å². The van der Waals surface area contributed by atoms with Gasteiger partial charge < -0.3 is 4.98 Å². The molecule has 2 aliphatic heterocycles. The number of pyridine rings is 1. The summed E-state index contributed by atoms with van der Waals surface area (Å²) in [5.41, 5.74) is 2.20. The molecule has 1 unspecified atom stereocenters. The van der Waals surface area contributed by atoms with Gasteiger partial charge in [0.2, 0.25) is 0 Å². The van der Waals surface area contributed by atoms with Crippen molar-refractivity contribution in [2.24, 2.45) is 0 Å². The number of carbonyl (C=O) groups is 2. The highest BCUT2D eigenvalue weighted by atomic mass is 16.1. The molecule has 0 bridgehead atoms. The number of H-pyrrole nitrogens is 1. The number of hydrogen-bond acceptors (Lipinski definition) is 4. The average molecular weight is 283 g/mol. The Morgan fingerprint density at radius 1 is 1.43 bits per heavy atom. The summed E-state index contributed by atoms with van der Waals surface area (Å²) in [5, 5.41) is 0.858. The molecule has 4 heterocycles. The van der Waals surface area contributed by atoms with Crippen LogP contribution in [0.3, 0.4) is 0 Å². The average Bonchev–Trinajstić information content (AvgIpc) is 2.95. The third-order valence-electron chi connectivity index (χ3n) is 4.68. The Morgan fingerprint density at radius 2 is 2.29 bits per heavy atom. The van der Waals surface area contributed by atoms with Crippen molar-refractivity contribution < 1.29 is 9.59 Å². The molecule has 0 aliphatic carbocycles. The van der Waals surface area contributed by atoms with E-state index in [1.54, 1.807) is 19.3 Å². The Balaban J connectivity index is 1.67. The first kappa shape index (κ1) is 12.7. The second kappa shape index (κ2) is 4.49. The Kier molecular flexibility index (Phi) is 2.72. The number of aromatic amines is 1. The van der Waals surface area contributed by atoms with Gasteiger partial charge >= 0.3 is 0 Å². The molecule has 5 nitrogen and oxygen atoms in total. The number of carbonyl (C=O) groups excluding carboxylic acids is 2. The molecule has 2 aromatic heterocycles. The van der Waals surface area contributed by atoms with Gasteiger partial charge in [0.25, 0.3) is 0 Å². The Hall–Kier alpha value is -2.01. The maximum absolute atomic E-state index is 12.5. The first-order valence-electron chi connectivity index (χ1n) is 7.39. The van der Waals surface area contributed by atoms with E-state index in [-0.39, 0.29) is 17.6 Å². The van der Waals surface area contributed by atoms with E-state index in [9.17, 15) is 9.59 Å². The van der Waals surface area contributed by atoms with Crippen LogP contribution in [0.15, 0.2) is 18.5 Å². The number of piperidine rings is 1. The summed E-state index contributed by atoms with van der Waals surface area (Å²) in [6.07, 6.45) is 5.77. The number of aromatic nitrogens is 2. The van der Waals surface area contributed by atoms with Crippen LogP contribution < -0.4 is 0 Å². The number of rotatable bonds is 4. The van der Waals surface area contributed by atoms with Crippen LogP contribution in [-0.2, 0) is 11.2 Å². The van der Waals surface area contributed by atoms with Gasteiger partial charge in [0.1, 0.15) is 0 Å². The van der Waals surface area contributed by atoms with E-state index in [1.807, 2.05) is 6.07 Å². The van der Waals surface area contributed by atoms with Crippen molar-refractivity contribution in [3.63, 3.8) is 0 Å². The van der Waals surface area contributed by atoms with Crippen LogP contribution >= 0.6 is 0 Å². The zero-order chi connectivity index (χ0) is 14.6. The number of nitrogens with zero attached hydrogens (tertiary/aromatic N) is 2. The third kappa shape index (κ3) is 2.00. The van der Waals surface area contributed by atoms with E-state index in [1.165, 1.54) is 0 Å². The summed E-state index contributed by atoms with van der Waals surface area (Å²) in [6.45, 7) is 2.61. The van der Waals surface area contributed by atoms with Gasteiger partial charge in [-0.25, -0.2) is 0 Å². The molecule has 21 heavy (non-hydrogen) atoms. The zero-order valence-corrected chi connectivity index (χ0v) is 11.9. The predicted molar refractivity (Wildman–Crippen MR) is 78.3 cm³/mol. The fourth-order valence-corrected chi connectivity index (χ4v) is 3.62. The molecular weight excluding hydrogens is 266 g/mol. The fraction of sp³-hybridized carbons (Fsp3) is 0.438. The third-order valence-corrected chi connectivity index (χ3v) is 4.68. The second-order valence-corrected chi connectivity index (χ2v) is 6.04. The highest BCUT2D eigenvalue weighted by molar-refractivity contribution is 6.09. The van der Waals surface area contributed by atoms with Gasteiger partial charge in [0.15, 0.2) is 11.6 Å². The topological polar surface area (TPSA) is 65.8 Å². The van der Waals surface area contributed by atoms with Crippen molar-refractivity contribution in [1.29, 1.82) is 0 Å². The fourth-order valence-electron chi connectivity index (χ4n) is 3.62. The molecule has 0 radical (unpaired) electrons. The maximum Gasteiger partial charge on any atom is 0.162 e. The van der Waals surface area contributed by atoms with Crippen molar-refractivity contribution in [2.75, 3.05) is 6.54 Å². The van der Waals surface area contributed by atoms with Crippen LogP contribution in [0.5, 0.6) is 0 Å². The monoisotopic (exact) mass is 283 g/mol. The number of nitrogens with one attached hydrogen (secondary N) is 1. The quantitative estimate of drug-likeness (QED) is 0.685. The zero-order valence-electron chi connectivity index (χ0n) is 11.9. The molecule has 2 saturated heterocycles. The van der Waals surface area contributed by atoms with Gasteiger partial charge in [0, 0.05) is 41.8 Å². The summed E-state index contributed by atoms with van der Waals surface area (Å²) in [5.74, 6) is 0.211. The highest BCUT2D eigenvalue weighted by Gasteiger charge is 2.48. The first-order valence-corrected chi connectivity index (χ1v) is 7.39. The van der Waals surface area contributed by atoms with E-state index >= 15 is 0 Å². The lowest BCUT2D eigenvalue weighted by Gasteiger charge is -2.11. The molecule has 0 aromatic carbocycles. The molecule has 3 atom stereocenters. The van der Waals surface area contributed by atoms with E-state index < -0.39 is 0 Å². The predicted octanol–water partition coefficient (Wildman–Crippen LogP) is 1.72. The van der Waals surface area contributed by atoms with Crippen LogP contribution in [-0.4, -0.2) is 45.1 Å². The van der Waals surface area contributed by atoms with Crippen LogP contribution in [0, 0.1) is 0 Å². The van der Waals surface area contributed by atoms with Crippen molar-refractivity contribution in [1.82, 2.24) is 14.9 Å². The van der Waals surface area contributed by atoms with E-state index in [0.29, 0.717) is 18.0 Å². The van der Waals surface area contributed by atoms with E-state index in [2.05, 4.69) is 14.9 Å². The summed E-state index contributed by atoms with van der Waals surface area (Å²) in [7, 11) is 0. The standard InChI is InChI=1S/C16H17N3O2/c1-9(20)16-11-4-5-17-7-13(11)18-12(16)6-15(21)14-3-2-10-8-19(10)14/h4-5,7,10,14,18H,2-3,6,8H2,1H3/t10-,14+,19?/m1/s1. The normalized spacial score (nSPS) is 26.8. The summed E-state index contributed by atoms with van der Waals surface area (Å²) in [6, 6.07) is 2.52. The maximum atomic E-state index is 12.5. The highest BCUT2D eigenvalue weighted by Crippen LogP contribution is 2.36. The van der Waals surface area contributed by atoms with Crippen molar-refractivity contribution in [3.05, 3.63) is 29.7 Å². The van der Waals surface area contributed by atoms with Gasteiger partial charge in [-0.1, -0.05) is 0 Å². The summed E-state index contributed by atoms with van der Waals surface area (Å²) < 4.78 is 0. The van der Waals surface area contributed by atoms with Gasteiger partial charge in [-0.05, 0) is 25.8 Å².